The minimum atomic E-state index is -3.42. The molecule has 1 aromatic rings. The van der Waals surface area contributed by atoms with Crippen LogP contribution in [0.1, 0.15) is 37.3 Å². The zero-order valence-corrected chi connectivity index (χ0v) is 12.1. The van der Waals surface area contributed by atoms with Gasteiger partial charge in [-0.1, -0.05) is 6.92 Å². The van der Waals surface area contributed by atoms with E-state index in [9.17, 15) is 8.42 Å². The van der Waals surface area contributed by atoms with Gasteiger partial charge in [-0.25, -0.2) is 8.42 Å². The Morgan fingerprint density at radius 1 is 1.42 bits per heavy atom. The Morgan fingerprint density at radius 3 is 2.58 bits per heavy atom. The first-order valence-corrected chi connectivity index (χ1v) is 7.97. The van der Waals surface area contributed by atoms with Crippen LogP contribution in [0.2, 0.25) is 0 Å². The highest BCUT2D eigenvalue weighted by Gasteiger charge is 2.37. The number of nitrogens with zero attached hydrogens (tertiary/aromatic N) is 2. The lowest BCUT2D eigenvalue weighted by Gasteiger charge is -2.21. The summed E-state index contributed by atoms with van der Waals surface area (Å²) in [5.41, 5.74) is 1.23. The second-order valence-electron chi connectivity index (χ2n) is 4.94. The molecule has 0 N–H and O–H groups in total. The van der Waals surface area contributed by atoms with Gasteiger partial charge < -0.3 is 0 Å². The van der Waals surface area contributed by atoms with E-state index in [1.54, 1.807) is 23.4 Å². The van der Waals surface area contributed by atoms with Crippen LogP contribution >= 0.6 is 0 Å². The van der Waals surface area contributed by atoms with E-state index in [2.05, 4.69) is 6.07 Å². The summed E-state index contributed by atoms with van der Waals surface area (Å²) in [5.74, 6) is 0. The van der Waals surface area contributed by atoms with Crippen LogP contribution in [0.4, 0.5) is 0 Å². The van der Waals surface area contributed by atoms with Crippen molar-refractivity contribution in [1.82, 2.24) is 4.31 Å². The van der Waals surface area contributed by atoms with Gasteiger partial charge in [0.05, 0.1) is 16.5 Å². The molecule has 0 aromatic heterocycles. The molecule has 102 valence electrons. The SMILES string of the molecule is CCCN(C1CC1)S(=O)(=O)c1ccc(C#N)c(C)c1. The molecule has 4 nitrogen and oxygen atoms in total. The van der Waals surface area contributed by atoms with Crippen molar-refractivity contribution in [1.29, 1.82) is 5.26 Å². The number of sulfonamides is 1. The first-order valence-electron chi connectivity index (χ1n) is 6.53. The quantitative estimate of drug-likeness (QED) is 0.831. The Hall–Kier alpha value is -1.38. The van der Waals surface area contributed by atoms with Crippen LogP contribution in [0.15, 0.2) is 23.1 Å². The van der Waals surface area contributed by atoms with Gasteiger partial charge in [0.1, 0.15) is 0 Å². The summed E-state index contributed by atoms with van der Waals surface area (Å²) in [4.78, 5) is 0.296. The minimum Gasteiger partial charge on any atom is -0.207 e. The molecule has 5 heteroatoms. The molecule has 1 fully saturated rings. The van der Waals surface area contributed by atoms with Crippen LogP contribution in [0.5, 0.6) is 0 Å². The molecule has 0 heterocycles. The van der Waals surface area contributed by atoms with Gasteiger partial charge >= 0.3 is 0 Å². The summed E-state index contributed by atoms with van der Waals surface area (Å²) in [6, 6.07) is 6.93. The molecule has 0 saturated heterocycles. The van der Waals surface area contributed by atoms with Crippen LogP contribution in [0.3, 0.4) is 0 Å². The molecule has 0 amide bonds. The Labute approximate surface area is 114 Å². The molecule has 1 aliphatic rings. The van der Waals surface area contributed by atoms with E-state index in [1.807, 2.05) is 6.92 Å². The van der Waals surface area contributed by atoms with Crippen LogP contribution in [0, 0.1) is 18.3 Å². The van der Waals surface area contributed by atoms with Gasteiger partial charge in [-0.05, 0) is 49.9 Å². The normalized spacial score (nSPS) is 15.5. The molecule has 0 atom stereocenters. The maximum Gasteiger partial charge on any atom is 0.243 e. The van der Waals surface area contributed by atoms with E-state index in [4.69, 9.17) is 5.26 Å². The minimum absolute atomic E-state index is 0.167. The number of aryl methyl sites for hydroxylation is 1. The summed E-state index contributed by atoms with van der Waals surface area (Å²) in [5, 5.41) is 8.89. The van der Waals surface area contributed by atoms with Gasteiger partial charge in [-0.3, -0.25) is 0 Å². The number of hydrogen-bond donors (Lipinski definition) is 0. The van der Waals surface area contributed by atoms with Crippen molar-refractivity contribution >= 4 is 10.0 Å². The van der Waals surface area contributed by atoms with E-state index < -0.39 is 10.0 Å². The van der Waals surface area contributed by atoms with E-state index in [0.717, 1.165) is 19.3 Å². The molecule has 2 rings (SSSR count). The largest absolute Gasteiger partial charge is 0.243 e. The van der Waals surface area contributed by atoms with E-state index in [0.29, 0.717) is 22.6 Å². The molecule has 0 radical (unpaired) electrons. The standard InChI is InChI=1S/C14H18N2O2S/c1-3-8-16(13-5-6-13)19(17,18)14-7-4-12(10-15)11(2)9-14/h4,7,9,13H,3,5-6,8H2,1-2H3. The number of benzene rings is 1. The third-order valence-electron chi connectivity index (χ3n) is 3.32. The van der Waals surface area contributed by atoms with Crippen molar-refractivity contribution in [2.45, 2.75) is 44.0 Å². The Morgan fingerprint density at radius 2 is 2.11 bits per heavy atom. The molecule has 19 heavy (non-hydrogen) atoms. The highest BCUT2D eigenvalue weighted by molar-refractivity contribution is 7.89. The second-order valence-corrected chi connectivity index (χ2v) is 6.83. The number of nitriles is 1. The molecule has 0 aliphatic heterocycles. The highest BCUT2D eigenvalue weighted by atomic mass is 32.2. The summed E-state index contributed by atoms with van der Waals surface area (Å²) < 4.78 is 26.8. The van der Waals surface area contributed by atoms with E-state index in [-0.39, 0.29) is 6.04 Å². The monoisotopic (exact) mass is 278 g/mol. The van der Waals surface area contributed by atoms with Crippen molar-refractivity contribution in [3.05, 3.63) is 29.3 Å². The Bertz CT molecular complexity index is 613. The fourth-order valence-corrected chi connectivity index (χ4v) is 4.00. The lowest BCUT2D eigenvalue weighted by molar-refractivity contribution is 0.403. The molecule has 0 spiro atoms. The molecule has 1 saturated carbocycles. The summed E-state index contributed by atoms with van der Waals surface area (Å²) >= 11 is 0. The van der Waals surface area contributed by atoms with Gasteiger partial charge in [-0.2, -0.15) is 9.57 Å². The third-order valence-corrected chi connectivity index (χ3v) is 5.27. The van der Waals surface area contributed by atoms with Crippen molar-refractivity contribution in [3.8, 4) is 6.07 Å². The van der Waals surface area contributed by atoms with Crippen molar-refractivity contribution in [2.75, 3.05) is 6.54 Å². The average molecular weight is 278 g/mol. The number of rotatable bonds is 5. The third kappa shape index (κ3) is 2.80. The summed E-state index contributed by atoms with van der Waals surface area (Å²) in [6.45, 7) is 4.31. The first-order chi connectivity index (χ1) is 9.00. The van der Waals surface area contributed by atoms with Gasteiger partial charge in [0, 0.05) is 12.6 Å². The second kappa shape index (κ2) is 5.32. The number of hydrogen-bond acceptors (Lipinski definition) is 3. The van der Waals surface area contributed by atoms with Gasteiger partial charge in [0.2, 0.25) is 10.0 Å². The lowest BCUT2D eigenvalue weighted by atomic mass is 10.1. The predicted molar refractivity (Wildman–Crippen MR) is 73.1 cm³/mol. The van der Waals surface area contributed by atoms with Crippen molar-refractivity contribution < 1.29 is 8.42 Å². The topological polar surface area (TPSA) is 61.2 Å². The average Bonchev–Trinajstić information content (AvgIpc) is 3.19. The molecule has 1 aromatic carbocycles. The first kappa shape index (κ1) is 14.0. The zero-order chi connectivity index (χ0) is 14.0. The summed E-state index contributed by atoms with van der Waals surface area (Å²) in [7, 11) is -3.42. The molecular formula is C14H18N2O2S. The van der Waals surface area contributed by atoms with Crippen LogP contribution in [0.25, 0.3) is 0 Å². The summed E-state index contributed by atoms with van der Waals surface area (Å²) in [6.07, 6.45) is 2.72. The smallest absolute Gasteiger partial charge is 0.207 e. The van der Waals surface area contributed by atoms with Gasteiger partial charge in [0.25, 0.3) is 0 Å². The Balaban J connectivity index is 2.38. The fourth-order valence-electron chi connectivity index (χ4n) is 2.14. The van der Waals surface area contributed by atoms with Gasteiger partial charge in [0.15, 0.2) is 0 Å². The molecule has 0 unspecified atom stereocenters. The predicted octanol–water partition coefficient (Wildman–Crippen LogP) is 2.43. The molecule has 0 bridgehead atoms. The van der Waals surface area contributed by atoms with Crippen LogP contribution < -0.4 is 0 Å². The lowest BCUT2D eigenvalue weighted by Crippen LogP contribution is -2.33. The zero-order valence-electron chi connectivity index (χ0n) is 11.3. The van der Waals surface area contributed by atoms with Crippen molar-refractivity contribution in [2.24, 2.45) is 0 Å². The molecular weight excluding hydrogens is 260 g/mol. The van der Waals surface area contributed by atoms with Crippen LogP contribution in [-0.2, 0) is 10.0 Å². The maximum absolute atomic E-state index is 12.6. The van der Waals surface area contributed by atoms with E-state index >= 15 is 0 Å². The van der Waals surface area contributed by atoms with E-state index in [1.165, 1.54) is 6.07 Å². The molecule has 1 aliphatic carbocycles. The van der Waals surface area contributed by atoms with Crippen molar-refractivity contribution in [3.63, 3.8) is 0 Å². The van der Waals surface area contributed by atoms with Crippen LogP contribution in [-0.4, -0.2) is 25.3 Å². The fraction of sp³-hybridized carbons (Fsp3) is 0.500. The highest BCUT2D eigenvalue weighted by Crippen LogP contribution is 2.32. The maximum atomic E-state index is 12.6. The van der Waals surface area contributed by atoms with Gasteiger partial charge in [-0.15, -0.1) is 0 Å². The Kier molecular flexibility index (Phi) is 3.93.